The number of nitrogens with two attached hydrogens (primary N) is 1. The fourth-order valence-corrected chi connectivity index (χ4v) is 1.41. The highest BCUT2D eigenvalue weighted by molar-refractivity contribution is 7.80. The Kier molecular flexibility index (Phi) is 3.62. The summed E-state index contributed by atoms with van der Waals surface area (Å²) in [5.74, 6) is 0.129. The van der Waals surface area contributed by atoms with E-state index in [-0.39, 0.29) is 12.0 Å². The molecule has 74 valence electrons. The van der Waals surface area contributed by atoms with E-state index >= 15 is 0 Å². The van der Waals surface area contributed by atoms with Crippen LogP contribution in [0.15, 0.2) is 0 Å². The van der Waals surface area contributed by atoms with Gasteiger partial charge in [0.15, 0.2) is 0 Å². The third-order valence-corrected chi connectivity index (χ3v) is 2.30. The molecule has 4 nitrogen and oxygen atoms in total. The Balaban J connectivity index is 2.51. The molecule has 1 aliphatic heterocycles. The number of hydrogen-bond donors (Lipinski definition) is 1. The van der Waals surface area contributed by atoms with Crippen molar-refractivity contribution in [2.75, 3.05) is 19.7 Å². The first kappa shape index (κ1) is 10.4. The van der Waals surface area contributed by atoms with Crippen molar-refractivity contribution in [1.29, 1.82) is 0 Å². The zero-order valence-electron chi connectivity index (χ0n) is 7.66. The van der Waals surface area contributed by atoms with Crippen LogP contribution in [0.4, 0.5) is 0 Å². The van der Waals surface area contributed by atoms with Gasteiger partial charge in [0.1, 0.15) is 11.1 Å². The van der Waals surface area contributed by atoms with Crippen molar-refractivity contribution < 1.29 is 9.53 Å². The second kappa shape index (κ2) is 4.53. The van der Waals surface area contributed by atoms with Gasteiger partial charge in [0.2, 0.25) is 5.91 Å². The van der Waals surface area contributed by atoms with Gasteiger partial charge >= 0.3 is 0 Å². The van der Waals surface area contributed by atoms with Crippen molar-refractivity contribution in [3.63, 3.8) is 0 Å². The van der Waals surface area contributed by atoms with Gasteiger partial charge in [-0.3, -0.25) is 4.79 Å². The molecule has 1 rings (SSSR count). The molecule has 13 heavy (non-hydrogen) atoms. The molecule has 5 heteroatoms. The van der Waals surface area contributed by atoms with Crippen molar-refractivity contribution in [3.8, 4) is 0 Å². The van der Waals surface area contributed by atoms with Gasteiger partial charge in [0.25, 0.3) is 0 Å². The molecular formula is C8H14N2O2S. The van der Waals surface area contributed by atoms with Gasteiger partial charge in [0.05, 0.1) is 13.2 Å². The van der Waals surface area contributed by atoms with Crippen LogP contribution in [0.5, 0.6) is 0 Å². The molecule has 0 bridgehead atoms. The Hall–Kier alpha value is -0.680. The number of carbonyl (C=O) groups is 1. The van der Waals surface area contributed by atoms with Crippen molar-refractivity contribution in [2.45, 2.75) is 19.4 Å². The van der Waals surface area contributed by atoms with Crippen LogP contribution < -0.4 is 5.73 Å². The molecule has 0 spiro atoms. The average Bonchev–Trinajstić information content (AvgIpc) is 2.17. The minimum atomic E-state index is -0.265. The lowest BCUT2D eigenvalue weighted by Gasteiger charge is -2.32. The summed E-state index contributed by atoms with van der Waals surface area (Å²) in [5.41, 5.74) is 5.44. The molecule has 0 aliphatic carbocycles. The highest BCUT2D eigenvalue weighted by Crippen LogP contribution is 2.06. The molecule has 0 aromatic carbocycles. The fourth-order valence-electron chi connectivity index (χ4n) is 1.27. The third kappa shape index (κ3) is 2.63. The first-order valence-electron chi connectivity index (χ1n) is 4.33. The molecule has 1 amide bonds. The van der Waals surface area contributed by atoms with Gasteiger partial charge in [-0.1, -0.05) is 19.1 Å². The molecule has 1 fully saturated rings. The molecule has 2 N–H and O–H groups in total. The smallest absolute Gasteiger partial charge is 0.222 e. The quantitative estimate of drug-likeness (QED) is 0.636. The summed E-state index contributed by atoms with van der Waals surface area (Å²) in [6.45, 7) is 3.51. The van der Waals surface area contributed by atoms with Crippen LogP contribution in [-0.4, -0.2) is 41.6 Å². The molecular weight excluding hydrogens is 188 g/mol. The van der Waals surface area contributed by atoms with Crippen LogP contribution in [0.25, 0.3) is 0 Å². The van der Waals surface area contributed by atoms with E-state index in [9.17, 15) is 4.79 Å². The van der Waals surface area contributed by atoms with E-state index in [1.807, 2.05) is 6.92 Å². The predicted molar refractivity (Wildman–Crippen MR) is 53.4 cm³/mol. The zero-order valence-corrected chi connectivity index (χ0v) is 8.47. The Labute approximate surface area is 83.0 Å². The largest absolute Gasteiger partial charge is 0.391 e. The summed E-state index contributed by atoms with van der Waals surface area (Å²) in [6.07, 6.45) is 0.253. The van der Waals surface area contributed by atoms with E-state index in [4.69, 9.17) is 22.7 Å². The topological polar surface area (TPSA) is 55.6 Å². The molecule has 0 saturated carbocycles. The van der Waals surface area contributed by atoms with Gasteiger partial charge in [-0.25, -0.2) is 0 Å². The first-order valence-corrected chi connectivity index (χ1v) is 4.74. The minimum Gasteiger partial charge on any atom is -0.391 e. The summed E-state index contributed by atoms with van der Waals surface area (Å²) in [5, 5.41) is 0. The summed E-state index contributed by atoms with van der Waals surface area (Å²) >= 11 is 4.81. The van der Waals surface area contributed by atoms with Crippen molar-refractivity contribution >= 4 is 23.1 Å². The van der Waals surface area contributed by atoms with E-state index in [1.165, 1.54) is 0 Å². The van der Waals surface area contributed by atoms with Crippen molar-refractivity contribution in [2.24, 2.45) is 5.73 Å². The number of morpholine rings is 1. The zero-order chi connectivity index (χ0) is 9.84. The standard InChI is InChI=1S/C8H14N2O2S/c1-2-7(11)10-3-4-12-6(5-10)8(9)13/h6H,2-5H2,1H3,(H2,9,13). The highest BCUT2D eigenvalue weighted by Gasteiger charge is 2.24. The monoisotopic (exact) mass is 202 g/mol. The Morgan fingerprint density at radius 2 is 2.46 bits per heavy atom. The van der Waals surface area contributed by atoms with E-state index in [2.05, 4.69) is 0 Å². The van der Waals surface area contributed by atoms with Crippen LogP contribution in [0, 0.1) is 0 Å². The molecule has 0 aromatic rings. The average molecular weight is 202 g/mol. The SMILES string of the molecule is CCC(=O)N1CCOC(C(N)=S)C1. The predicted octanol–water partition coefficient (Wildman–Crippen LogP) is -0.0901. The number of ether oxygens (including phenoxy) is 1. The maximum atomic E-state index is 11.3. The lowest BCUT2D eigenvalue weighted by Crippen LogP contribution is -2.49. The second-order valence-electron chi connectivity index (χ2n) is 2.96. The Morgan fingerprint density at radius 1 is 1.77 bits per heavy atom. The van der Waals surface area contributed by atoms with Crippen molar-refractivity contribution in [3.05, 3.63) is 0 Å². The van der Waals surface area contributed by atoms with Crippen molar-refractivity contribution in [1.82, 2.24) is 4.90 Å². The van der Waals surface area contributed by atoms with Crippen LogP contribution in [-0.2, 0) is 9.53 Å². The Bertz CT molecular complexity index is 220. The third-order valence-electron chi connectivity index (χ3n) is 2.04. The maximum absolute atomic E-state index is 11.3. The van der Waals surface area contributed by atoms with Gasteiger partial charge in [-0.05, 0) is 0 Å². The summed E-state index contributed by atoms with van der Waals surface area (Å²) in [7, 11) is 0. The second-order valence-corrected chi connectivity index (χ2v) is 3.43. The number of amides is 1. The Morgan fingerprint density at radius 3 is 3.00 bits per heavy atom. The van der Waals surface area contributed by atoms with Gasteiger partial charge in [0, 0.05) is 13.0 Å². The molecule has 1 unspecified atom stereocenters. The van der Waals surface area contributed by atoms with E-state index in [0.29, 0.717) is 31.1 Å². The molecule has 1 saturated heterocycles. The van der Waals surface area contributed by atoms with Crippen LogP contribution in [0.3, 0.4) is 0 Å². The summed E-state index contributed by atoms with van der Waals surface area (Å²) in [4.78, 5) is 13.4. The maximum Gasteiger partial charge on any atom is 0.222 e. The fraction of sp³-hybridized carbons (Fsp3) is 0.750. The highest BCUT2D eigenvalue weighted by atomic mass is 32.1. The number of thiocarbonyl (C=S) groups is 1. The number of hydrogen-bond acceptors (Lipinski definition) is 3. The summed E-state index contributed by atoms with van der Waals surface area (Å²) < 4.78 is 5.30. The van der Waals surface area contributed by atoms with Crippen LogP contribution in [0.1, 0.15) is 13.3 Å². The minimum absolute atomic E-state index is 0.129. The molecule has 0 radical (unpaired) electrons. The van der Waals surface area contributed by atoms with Gasteiger partial charge in [-0.2, -0.15) is 0 Å². The number of carbonyl (C=O) groups excluding carboxylic acids is 1. The van der Waals surface area contributed by atoms with Crippen LogP contribution in [0.2, 0.25) is 0 Å². The molecule has 1 atom stereocenters. The molecule has 1 aliphatic rings. The van der Waals surface area contributed by atoms with Gasteiger partial charge in [-0.15, -0.1) is 0 Å². The number of nitrogens with zero attached hydrogens (tertiary/aromatic N) is 1. The van der Waals surface area contributed by atoms with Gasteiger partial charge < -0.3 is 15.4 Å². The van der Waals surface area contributed by atoms with Crippen LogP contribution >= 0.6 is 12.2 Å². The van der Waals surface area contributed by atoms with E-state index in [0.717, 1.165) is 0 Å². The molecule has 1 heterocycles. The summed E-state index contributed by atoms with van der Waals surface area (Å²) in [6, 6.07) is 0. The lowest BCUT2D eigenvalue weighted by molar-refractivity contribution is -0.136. The normalized spacial score (nSPS) is 22.8. The molecule has 0 aromatic heterocycles. The van der Waals surface area contributed by atoms with E-state index in [1.54, 1.807) is 4.90 Å². The number of rotatable bonds is 2. The van der Waals surface area contributed by atoms with E-state index < -0.39 is 0 Å². The lowest BCUT2D eigenvalue weighted by atomic mass is 10.2. The first-order chi connectivity index (χ1) is 6.15.